The van der Waals surface area contributed by atoms with Gasteiger partial charge in [0.2, 0.25) is 0 Å². The van der Waals surface area contributed by atoms with Crippen LogP contribution in [0.4, 0.5) is 4.79 Å². The number of carbonyl (C=O) groups excluding carboxylic acids is 2. The summed E-state index contributed by atoms with van der Waals surface area (Å²) < 4.78 is 7.27. The van der Waals surface area contributed by atoms with Crippen LogP contribution in [-0.2, 0) is 17.8 Å². The third kappa shape index (κ3) is 3.57. The number of carbonyl (C=O) groups is 2. The molecule has 9 heteroatoms. The summed E-state index contributed by atoms with van der Waals surface area (Å²) in [5.41, 5.74) is 2.40. The van der Waals surface area contributed by atoms with E-state index in [4.69, 9.17) is 9.72 Å². The van der Waals surface area contributed by atoms with Crippen molar-refractivity contribution in [3.8, 4) is 11.5 Å². The average molecular weight is 399 g/mol. The molecule has 2 amide bonds. The first-order valence-corrected chi connectivity index (χ1v) is 9.89. The number of amides is 2. The molecule has 4 rings (SSSR count). The predicted molar refractivity (Wildman–Crippen MR) is 106 cm³/mol. The molecule has 0 radical (unpaired) electrons. The molecule has 8 nitrogen and oxygen atoms in total. The number of imidazole rings is 1. The lowest BCUT2D eigenvalue weighted by Gasteiger charge is -2.19. The van der Waals surface area contributed by atoms with Crippen molar-refractivity contribution >= 4 is 34.4 Å². The first kappa shape index (κ1) is 18.4. The molecule has 0 fully saturated rings. The predicted octanol–water partition coefficient (Wildman–Crippen LogP) is 2.93. The number of hydrogen-bond donors (Lipinski definition) is 2. The molecule has 0 aliphatic carbocycles. The Morgan fingerprint density at radius 3 is 2.96 bits per heavy atom. The van der Waals surface area contributed by atoms with Crippen LogP contribution >= 0.6 is 11.3 Å². The van der Waals surface area contributed by atoms with Gasteiger partial charge in [-0.05, 0) is 32.9 Å². The van der Waals surface area contributed by atoms with E-state index in [1.54, 1.807) is 0 Å². The van der Waals surface area contributed by atoms with Crippen molar-refractivity contribution in [1.82, 2.24) is 25.2 Å². The Morgan fingerprint density at radius 1 is 1.36 bits per heavy atom. The van der Waals surface area contributed by atoms with Crippen molar-refractivity contribution in [2.45, 2.75) is 39.5 Å². The first-order chi connectivity index (χ1) is 13.3. The summed E-state index contributed by atoms with van der Waals surface area (Å²) in [5, 5.41) is 8.29. The highest BCUT2D eigenvalue weighted by atomic mass is 32.1. The Hall–Kier alpha value is -2.94. The van der Waals surface area contributed by atoms with Crippen LogP contribution in [0, 0.1) is 0 Å². The molecule has 1 aliphatic heterocycles. The minimum absolute atomic E-state index is 0.0867. The van der Waals surface area contributed by atoms with Crippen molar-refractivity contribution < 1.29 is 14.3 Å². The summed E-state index contributed by atoms with van der Waals surface area (Å²) in [6.45, 7) is 6.89. The van der Waals surface area contributed by atoms with E-state index < -0.39 is 11.7 Å². The summed E-state index contributed by atoms with van der Waals surface area (Å²) in [6.07, 6.45) is -0.475. The van der Waals surface area contributed by atoms with Crippen LogP contribution < -0.4 is 10.6 Å². The van der Waals surface area contributed by atoms with Gasteiger partial charge in [0.1, 0.15) is 16.3 Å². The minimum Gasteiger partial charge on any atom is -0.444 e. The fourth-order valence-electron chi connectivity index (χ4n) is 3.12. The van der Waals surface area contributed by atoms with E-state index in [1.807, 2.05) is 48.9 Å². The van der Waals surface area contributed by atoms with Gasteiger partial charge in [0.25, 0.3) is 5.91 Å². The maximum Gasteiger partial charge on any atom is 0.408 e. The van der Waals surface area contributed by atoms with Crippen LogP contribution in [-0.4, -0.2) is 38.7 Å². The van der Waals surface area contributed by atoms with E-state index in [1.165, 1.54) is 11.3 Å². The molecule has 2 N–H and O–H groups in total. The third-order valence-corrected chi connectivity index (χ3v) is 5.04. The molecule has 0 spiro atoms. The Kier molecular flexibility index (Phi) is 4.54. The molecule has 0 bridgehead atoms. The van der Waals surface area contributed by atoms with Crippen LogP contribution in [0.3, 0.4) is 0 Å². The van der Waals surface area contributed by atoms with Crippen molar-refractivity contribution in [2.75, 3.05) is 6.54 Å². The van der Waals surface area contributed by atoms with Crippen LogP contribution in [0.2, 0.25) is 0 Å². The first-order valence-electron chi connectivity index (χ1n) is 9.01. The molecule has 1 aliphatic rings. The van der Waals surface area contributed by atoms with Crippen molar-refractivity contribution in [2.24, 2.45) is 0 Å². The molecule has 0 saturated carbocycles. The lowest BCUT2D eigenvalue weighted by molar-refractivity contribution is 0.0523. The largest absolute Gasteiger partial charge is 0.444 e. The van der Waals surface area contributed by atoms with Crippen LogP contribution in [0.25, 0.3) is 22.6 Å². The van der Waals surface area contributed by atoms with E-state index in [-0.39, 0.29) is 12.5 Å². The van der Waals surface area contributed by atoms with Gasteiger partial charge in [-0.15, -0.1) is 11.3 Å². The quantitative estimate of drug-likeness (QED) is 0.706. The summed E-state index contributed by atoms with van der Waals surface area (Å²) in [7, 11) is 0. The van der Waals surface area contributed by atoms with Crippen LogP contribution in [0.15, 0.2) is 23.6 Å². The fraction of sp³-hybridized carbons (Fsp3) is 0.368. The summed E-state index contributed by atoms with van der Waals surface area (Å²) in [5.74, 6) is 0.634. The lowest BCUT2D eigenvalue weighted by atomic mass is 10.2. The molecule has 146 valence electrons. The molecule has 0 atom stereocenters. The van der Waals surface area contributed by atoms with Crippen molar-refractivity contribution in [1.29, 1.82) is 0 Å². The van der Waals surface area contributed by atoms with Gasteiger partial charge in [-0.3, -0.25) is 4.79 Å². The summed E-state index contributed by atoms with van der Waals surface area (Å²) in [4.78, 5) is 33.4. The van der Waals surface area contributed by atoms with E-state index in [0.717, 1.165) is 27.6 Å². The van der Waals surface area contributed by atoms with E-state index in [2.05, 4.69) is 15.6 Å². The monoisotopic (exact) mass is 399 g/mol. The number of ether oxygens (including phenoxy) is 1. The average Bonchev–Trinajstić information content (AvgIpc) is 3.18. The van der Waals surface area contributed by atoms with Gasteiger partial charge < -0.3 is 19.9 Å². The number of aromatic nitrogens is 3. The molecule has 3 aromatic rings. The molecular weight excluding hydrogens is 378 g/mol. The summed E-state index contributed by atoms with van der Waals surface area (Å²) in [6, 6.07) is 5.54. The van der Waals surface area contributed by atoms with E-state index >= 15 is 0 Å². The van der Waals surface area contributed by atoms with Crippen molar-refractivity contribution in [3.05, 3.63) is 34.2 Å². The van der Waals surface area contributed by atoms with E-state index in [9.17, 15) is 9.59 Å². The second kappa shape index (κ2) is 6.90. The fourth-order valence-corrected chi connectivity index (χ4v) is 3.83. The van der Waals surface area contributed by atoms with Crippen LogP contribution in [0.5, 0.6) is 0 Å². The lowest BCUT2D eigenvalue weighted by Crippen LogP contribution is -2.32. The molecule has 0 unspecified atom stereocenters. The zero-order valence-electron chi connectivity index (χ0n) is 15.9. The van der Waals surface area contributed by atoms with Gasteiger partial charge in [0.15, 0.2) is 5.82 Å². The number of hydrogen-bond acceptors (Lipinski definition) is 6. The number of thiazole rings is 1. The minimum atomic E-state index is -0.543. The molecule has 3 heterocycles. The Morgan fingerprint density at radius 2 is 2.18 bits per heavy atom. The Balaban J connectivity index is 1.60. The van der Waals surface area contributed by atoms with Gasteiger partial charge in [0.05, 0.1) is 23.1 Å². The maximum atomic E-state index is 12.3. The number of nitrogens with zero attached hydrogens (tertiary/aromatic N) is 3. The number of rotatable bonds is 3. The molecule has 28 heavy (non-hydrogen) atoms. The number of alkyl carbamates (subject to hydrolysis) is 1. The second-order valence-electron chi connectivity index (χ2n) is 7.50. The van der Waals surface area contributed by atoms with Crippen LogP contribution in [0.1, 0.15) is 36.1 Å². The smallest absolute Gasteiger partial charge is 0.408 e. The Bertz CT molecular complexity index is 1060. The number of benzene rings is 1. The van der Waals surface area contributed by atoms with Gasteiger partial charge in [-0.2, -0.15) is 0 Å². The number of para-hydroxylation sites is 1. The van der Waals surface area contributed by atoms with Gasteiger partial charge in [-0.25, -0.2) is 14.8 Å². The third-order valence-electron chi connectivity index (χ3n) is 4.20. The zero-order chi connectivity index (χ0) is 19.9. The molecule has 1 aromatic carbocycles. The standard InChI is InChI=1S/C19H21N5O3S/c1-19(2,3)27-18(26)21-9-14-22-13(10-28-14)16-23-12-6-4-5-11-15(12)24(16)8-7-20-17(11)25/h4-6,10H,7-9H2,1-3H3,(H,20,25)(H,21,26). The maximum absolute atomic E-state index is 12.3. The van der Waals surface area contributed by atoms with E-state index in [0.29, 0.717) is 18.7 Å². The molecule has 2 aromatic heterocycles. The molecular formula is C19H21N5O3S. The number of nitrogens with one attached hydrogen (secondary N) is 2. The SMILES string of the molecule is CC(C)(C)OC(=O)NCc1nc(-c2nc3cccc4c3n2CCNC4=O)cs1. The molecule has 0 saturated heterocycles. The van der Waals surface area contributed by atoms with Crippen molar-refractivity contribution in [3.63, 3.8) is 0 Å². The zero-order valence-corrected chi connectivity index (χ0v) is 16.7. The highest BCUT2D eigenvalue weighted by molar-refractivity contribution is 7.09. The second-order valence-corrected chi connectivity index (χ2v) is 8.44. The normalized spacial score (nSPS) is 13.9. The summed E-state index contributed by atoms with van der Waals surface area (Å²) >= 11 is 1.44. The van der Waals surface area contributed by atoms with Gasteiger partial charge in [0, 0.05) is 18.5 Å². The topological polar surface area (TPSA) is 98.1 Å². The highest BCUT2D eigenvalue weighted by Crippen LogP contribution is 2.29. The Labute approximate surface area is 165 Å². The van der Waals surface area contributed by atoms with Gasteiger partial charge >= 0.3 is 6.09 Å². The van der Waals surface area contributed by atoms with Gasteiger partial charge in [-0.1, -0.05) is 6.07 Å². The highest BCUT2D eigenvalue weighted by Gasteiger charge is 2.23.